The van der Waals surface area contributed by atoms with Crippen molar-refractivity contribution in [3.05, 3.63) is 398 Å². The van der Waals surface area contributed by atoms with E-state index in [-0.39, 0.29) is 10.8 Å². The Bertz CT molecular complexity index is 6570. The number of anilines is 6. The minimum atomic E-state index is 0.205. The van der Waals surface area contributed by atoms with Gasteiger partial charge in [-0.15, -0.1) is 0 Å². The first-order valence-corrected chi connectivity index (χ1v) is 44.0. The number of para-hydroxylation sites is 2. The Labute approximate surface area is 701 Å². The highest BCUT2D eigenvalue weighted by molar-refractivity contribution is 6.07. The van der Waals surface area contributed by atoms with Crippen molar-refractivity contribution < 1.29 is 8.83 Å². The molecule has 16 aromatic carbocycles. The second-order valence-corrected chi connectivity index (χ2v) is 36.3. The minimum Gasteiger partial charge on any atom is -0.456 e. The number of nitrogens with zero attached hydrogens (tertiary/aromatic N) is 2. The normalized spacial score (nSPS) is 22.1. The van der Waals surface area contributed by atoms with Crippen molar-refractivity contribution in [3.8, 4) is 89.0 Å². The van der Waals surface area contributed by atoms with Gasteiger partial charge in [0, 0.05) is 78.6 Å². The first kappa shape index (κ1) is 69.8. The molecule has 10 aliphatic rings. The van der Waals surface area contributed by atoms with Crippen LogP contribution >= 0.6 is 0 Å². The zero-order valence-corrected chi connectivity index (χ0v) is 67.2. The highest BCUT2D eigenvalue weighted by atomic mass is 16.3. The zero-order valence-electron chi connectivity index (χ0n) is 67.2. The summed E-state index contributed by atoms with van der Waals surface area (Å²) in [7, 11) is 0. The molecule has 2 heterocycles. The fourth-order valence-corrected chi connectivity index (χ4v) is 25.5. The summed E-state index contributed by atoms with van der Waals surface area (Å²) in [5.74, 6) is 6.94. The average molecular weight is 1540 g/mol. The molecule has 10 aliphatic carbocycles. The summed E-state index contributed by atoms with van der Waals surface area (Å²) < 4.78 is 12.8. The van der Waals surface area contributed by atoms with Crippen LogP contribution in [0.3, 0.4) is 0 Å². The molecule has 4 heteroatoms. The van der Waals surface area contributed by atoms with Gasteiger partial charge in [0.1, 0.15) is 22.3 Å². The van der Waals surface area contributed by atoms with E-state index in [0.29, 0.717) is 0 Å². The fraction of sp³-hybridized carbons (Fsp3) is 0.172. The van der Waals surface area contributed by atoms with Crippen LogP contribution in [-0.4, -0.2) is 0 Å². The summed E-state index contributed by atoms with van der Waals surface area (Å²) in [4.78, 5) is 4.67. The zero-order chi connectivity index (χ0) is 78.7. The van der Waals surface area contributed by atoms with E-state index >= 15 is 0 Å². The SMILES string of the molecule is c1ccc(-c2ccc(N(c3ccc(-c4cccc(-c5ccc6c(c5)-c5ccccc5C65C6CC7CC(C6)CC5C7)c4)cc3)c3ccc4c(c3)oc3ccccc34)cc2)cc1.c1ccc(-c2ccc(N(c3ccc(-c4cccc(-c5ccc6c(c5)-c5ccccc5C65C6CC7CC(C6)CC5C7)c4)cc3)c3ccc4c(c3)oc3ccccc34)cc2)cc1. The van der Waals surface area contributed by atoms with Crippen LogP contribution in [0.25, 0.3) is 133 Å². The summed E-state index contributed by atoms with van der Waals surface area (Å²) in [6, 6.07) is 139. The molecule has 4 nitrogen and oxygen atoms in total. The Morgan fingerprint density at radius 3 is 0.825 bits per heavy atom. The average Bonchev–Trinajstić information content (AvgIpc) is 1.50. The van der Waals surface area contributed by atoms with Gasteiger partial charge >= 0.3 is 0 Å². The van der Waals surface area contributed by atoms with Crippen molar-refractivity contribution in [2.45, 2.75) is 75.0 Å². The van der Waals surface area contributed by atoms with Gasteiger partial charge in [0.2, 0.25) is 0 Å². The third-order valence-corrected chi connectivity index (χ3v) is 30.1. The van der Waals surface area contributed by atoms with Crippen molar-refractivity contribution in [2.24, 2.45) is 47.3 Å². The quantitative estimate of drug-likeness (QED) is 0.122. The van der Waals surface area contributed by atoms with Gasteiger partial charge in [0.05, 0.1) is 0 Å². The molecule has 120 heavy (non-hydrogen) atoms. The van der Waals surface area contributed by atoms with Gasteiger partial charge < -0.3 is 18.6 Å². The van der Waals surface area contributed by atoms with E-state index in [1.54, 1.807) is 22.3 Å². The van der Waals surface area contributed by atoms with Crippen molar-refractivity contribution >= 4 is 78.0 Å². The first-order valence-electron chi connectivity index (χ1n) is 44.0. The Kier molecular flexibility index (Phi) is 16.1. The summed E-state index contributed by atoms with van der Waals surface area (Å²) >= 11 is 0. The first-order chi connectivity index (χ1) is 59.3. The molecule has 18 aromatic rings. The Balaban J connectivity index is 0.000000133. The highest BCUT2D eigenvalue weighted by Crippen LogP contribution is 2.71. The molecule has 8 bridgehead atoms. The molecule has 576 valence electrons. The molecule has 0 saturated heterocycles. The molecule has 8 saturated carbocycles. The Morgan fingerprint density at radius 2 is 0.450 bits per heavy atom. The molecule has 2 aromatic heterocycles. The largest absolute Gasteiger partial charge is 0.456 e. The summed E-state index contributed by atoms with van der Waals surface area (Å²) in [5, 5.41) is 4.54. The number of furan rings is 2. The van der Waals surface area contributed by atoms with E-state index in [9.17, 15) is 0 Å². The van der Waals surface area contributed by atoms with Gasteiger partial charge in [0.25, 0.3) is 0 Å². The van der Waals surface area contributed by atoms with Crippen molar-refractivity contribution in [3.63, 3.8) is 0 Å². The summed E-state index contributed by atoms with van der Waals surface area (Å²) in [5.41, 5.74) is 37.7. The van der Waals surface area contributed by atoms with Crippen molar-refractivity contribution in [1.29, 1.82) is 0 Å². The second kappa shape index (κ2) is 27.7. The standard InChI is InChI=1S/2C58H45NO/c2*1-2-9-39(10-3-1)40-17-22-47(23-18-40)59(49-26-27-52-51-14-5-7-16-56(51)60-57(52)36-49)48-24-19-41(20-25-48)42-11-8-12-43(34-42)44-21-28-55-53(35-44)50-13-4-6-15-54(50)58(55)45-30-37-29-38(32-45)33-46(58)31-37/h2*1-28,34-38,45-46H,29-33H2. The van der Waals surface area contributed by atoms with E-state index in [4.69, 9.17) is 8.83 Å². The van der Waals surface area contributed by atoms with E-state index in [2.05, 4.69) is 362 Å². The lowest BCUT2D eigenvalue weighted by molar-refractivity contribution is -0.0399. The van der Waals surface area contributed by atoms with Crippen LogP contribution in [0.15, 0.2) is 385 Å². The molecule has 28 rings (SSSR count). The monoisotopic (exact) mass is 1540 g/mol. The van der Waals surface area contributed by atoms with Crippen molar-refractivity contribution in [2.75, 3.05) is 9.80 Å². The lowest BCUT2D eigenvalue weighted by atomic mass is 9.43. The van der Waals surface area contributed by atoms with Crippen molar-refractivity contribution in [1.82, 2.24) is 0 Å². The van der Waals surface area contributed by atoms with Crippen LogP contribution in [0.5, 0.6) is 0 Å². The van der Waals surface area contributed by atoms with E-state index in [1.165, 1.54) is 153 Å². The highest BCUT2D eigenvalue weighted by Gasteiger charge is 2.63. The van der Waals surface area contributed by atoms with E-state index < -0.39 is 0 Å². The van der Waals surface area contributed by atoms with Crippen LogP contribution in [0, 0.1) is 47.3 Å². The number of hydrogen-bond acceptors (Lipinski definition) is 4. The van der Waals surface area contributed by atoms with Gasteiger partial charge in [-0.3, -0.25) is 0 Å². The predicted molar refractivity (Wildman–Crippen MR) is 496 cm³/mol. The maximum absolute atomic E-state index is 6.38. The van der Waals surface area contributed by atoms with Crippen LogP contribution in [0.2, 0.25) is 0 Å². The number of fused-ring (bicyclic) bond motifs is 12. The molecule has 0 aliphatic heterocycles. The van der Waals surface area contributed by atoms with Crippen LogP contribution < -0.4 is 9.80 Å². The lowest BCUT2D eigenvalue weighted by Crippen LogP contribution is -2.55. The maximum atomic E-state index is 6.38. The van der Waals surface area contributed by atoms with Gasteiger partial charge in [-0.25, -0.2) is 0 Å². The predicted octanol–water partition coefficient (Wildman–Crippen LogP) is 31.6. The molecule has 2 spiro atoms. The summed E-state index contributed by atoms with van der Waals surface area (Å²) in [6.45, 7) is 0. The lowest BCUT2D eigenvalue weighted by Gasteiger charge is -2.61. The molecule has 0 atom stereocenters. The van der Waals surface area contributed by atoms with Gasteiger partial charge in [-0.05, 0) is 332 Å². The molecule has 8 fully saturated rings. The smallest absolute Gasteiger partial charge is 0.137 e. The molecule has 0 unspecified atom stereocenters. The molecular weight excluding hydrogens is 1450 g/mol. The van der Waals surface area contributed by atoms with E-state index in [0.717, 1.165) is 125 Å². The number of rotatable bonds is 12. The third kappa shape index (κ3) is 11.1. The van der Waals surface area contributed by atoms with Gasteiger partial charge in [0.15, 0.2) is 0 Å². The topological polar surface area (TPSA) is 32.8 Å². The molecular formula is C116H90N2O2. The summed E-state index contributed by atoms with van der Waals surface area (Å²) in [6.07, 6.45) is 14.3. The number of hydrogen-bond donors (Lipinski definition) is 0. The fourth-order valence-electron chi connectivity index (χ4n) is 25.5. The van der Waals surface area contributed by atoms with Gasteiger partial charge in [-0.1, -0.05) is 255 Å². The minimum absolute atomic E-state index is 0.205. The Morgan fingerprint density at radius 1 is 0.183 bits per heavy atom. The van der Waals surface area contributed by atoms with Crippen LogP contribution in [-0.2, 0) is 10.8 Å². The second-order valence-electron chi connectivity index (χ2n) is 36.3. The maximum Gasteiger partial charge on any atom is 0.137 e. The van der Waals surface area contributed by atoms with Crippen LogP contribution in [0.4, 0.5) is 34.1 Å². The Hall–Kier alpha value is -13.3. The van der Waals surface area contributed by atoms with E-state index in [1.807, 2.05) is 24.3 Å². The van der Waals surface area contributed by atoms with Gasteiger partial charge in [-0.2, -0.15) is 0 Å². The van der Waals surface area contributed by atoms with Crippen LogP contribution in [0.1, 0.15) is 86.5 Å². The molecule has 0 N–H and O–H groups in total. The molecule has 0 amide bonds. The molecule has 0 radical (unpaired) electrons. The third-order valence-electron chi connectivity index (χ3n) is 30.1. The number of benzene rings is 16.